The van der Waals surface area contributed by atoms with Crippen LogP contribution in [0.15, 0.2) is 12.2 Å². The fraction of sp³-hybridized carbons (Fsp3) is 0.846. The van der Waals surface area contributed by atoms with Crippen LogP contribution in [0.4, 0.5) is 0 Å². The van der Waals surface area contributed by atoms with Crippen molar-refractivity contribution in [3.8, 4) is 0 Å². The summed E-state index contributed by atoms with van der Waals surface area (Å²) in [5.74, 6) is 0.865. The highest BCUT2D eigenvalue weighted by Crippen LogP contribution is 2.09. The number of nitrogens with two attached hydrogens (primary N) is 1. The van der Waals surface area contributed by atoms with Crippen LogP contribution in [0.2, 0.25) is 0 Å². The van der Waals surface area contributed by atoms with Crippen LogP contribution in [-0.4, -0.2) is 6.54 Å². The highest BCUT2D eigenvalue weighted by Gasteiger charge is 1.92. The van der Waals surface area contributed by atoms with Gasteiger partial charge in [-0.05, 0) is 18.8 Å². The zero-order valence-corrected chi connectivity index (χ0v) is 10.6. The molecule has 0 aliphatic carbocycles. The number of hydrogen-bond acceptors (Lipinski definition) is 1. The summed E-state index contributed by atoms with van der Waals surface area (Å²) >= 11 is 0. The van der Waals surface area contributed by atoms with Crippen LogP contribution in [0.25, 0.3) is 0 Å². The van der Waals surface area contributed by atoms with Crippen molar-refractivity contribution < 1.29 is 1.43 Å². The molecule has 0 unspecified atom stereocenters. The van der Waals surface area contributed by atoms with Gasteiger partial charge >= 0.3 is 0 Å². The van der Waals surface area contributed by atoms with E-state index >= 15 is 0 Å². The quantitative estimate of drug-likeness (QED) is 0.480. The van der Waals surface area contributed by atoms with Crippen LogP contribution < -0.4 is 5.73 Å². The third-order valence-corrected chi connectivity index (χ3v) is 1.96. The Morgan fingerprint density at radius 3 is 2.21 bits per heavy atom. The molecule has 0 saturated heterocycles. The molecule has 1 heteroatoms. The fourth-order valence-corrected chi connectivity index (χ4v) is 1.21. The van der Waals surface area contributed by atoms with Gasteiger partial charge in [-0.3, -0.25) is 0 Å². The highest BCUT2D eigenvalue weighted by molar-refractivity contribution is 4.81. The molecule has 1 nitrogen and oxygen atoms in total. The molecule has 0 aliphatic rings. The molecule has 0 bridgehead atoms. The van der Waals surface area contributed by atoms with E-state index in [4.69, 9.17) is 5.73 Å². The molecule has 0 aromatic carbocycles. The minimum Gasteiger partial charge on any atom is -0.327 e. The third-order valence-electron chi connectivity index (χ3n) is 1.96. The SMILES string of the molecule is CC.CC(C)CCCCC/C=C/CN.[HH]. The lowest BCUT2D eigenvalue weighted by Gasteiger charge is -2.02. The summed E-state index contributed by atoms with van der Waals surface area (Å²) in [4.78, 5) is 0. The Labute approximate surface area is 92.3 Å². The van der Waals surface area contributed by atoms with Gasteiger partial charge in [-0.25, -0.2) is 0 Å². The maximum absolute atomic E-state index is 5.32. The van der Waals surface area contributed by atoms with Crippen molar-refractivity contribution in [1.29, 1.82) is 0 Å². The van der Waals surface area contributed by atoms with Crippen LogP contribution in [0.3, 0.4) is 0 Å². The maximum Gasteiger partial charge on any atom is 0.0106 e. The standard InChI is InChI=1S/C11H23N.C2H6.H2/c1-11(2)9-7-5-3-4-6-8-10-12;1-2;/h6,8,11H,3-5,7,9-10,12H2,1-2H3;1-2H3;1H/b8-6+;;. The smallest absolute Gasteiger partial charge is 0.0106 e. The average Bonchev–Trinajstić information content (AvgIpc) is 2.19. The Kier molecular flexibility index (Phi) is 17.5. The van der Waals surface area contributed by atoms with E-state index in [9.17, 15) is 0 Å². The Morgan fingerprint density at radius 2 is 1.71 bits per heavy atom. The number of rotatable bonds is 7. The van der Waals surface area contributed by atoms with Crippen molar-refractivity contribution in [2.24, 2.45) is 11.7 Å². The number of hydrogen-bond donors (Lipinski definition) is 1. The van der Waals surface area contributed by atoms with Gasteiger partial charge in [-0.15, -0.1) is 0 Å². The van der Waals surface area contributed by atoms with Gasteiger partial charge in [-0.2, -0.15) is 0 Å². The second kappa shape index (κ2) is 15.2. The van der Waals surface area contributed by atoms with Gasteiger partial charge in [0.05, 0.1) is 0 Å². The molecule has 0 aromatic heterocycles. The van der Waals surface area contributed by atoms with Gasteiger partial charge in [0.1, 0.15) is 0 Å². The second-order valence-electron chi connectivity index (χ2n) is 3.74. The molecule has 0 amide bonds. The molecule has 0 heterocycles. The van der Waals surface area contributed by atoms with Crippen LogP contribution in [0, 0.1) is 5.92 Å². The topological polar surface area (TPSA) is 26.0 Å². The minimum atomic E-state index is 0. The molecule has 0 spiro atoms. The van der Waals surface area contributed by atoms with Gasteiger partial charge < -0.3 is 5.73 Å². The molecule has 0 atom stereocenters. The number of allylic oxidation sites excluding steroid dienone is 1. The molecule has 0 aliphatic heterocycles. The summed E-state index contributed by atoms with van der Waals surface area (Å²) in [6, 6.07) is 0. The summed E-state index contributed by atoms with van der Waals surface area (Å²) in [5, 5.41) is 0. The molecule has 2 N–H and O–H groups in total. The van der Waals surface area contributed by atoms with Crippen molar-refractivity contribution in [2.75, 3.05) is 6.54 Å². The van der Waals surface area contributed by atoms with E-state index in [0.29, 0.717) is 6.54 Å². The maximum atomic E-state index is 5.32. The predicted molar refractivity (Wildman–Crippen MR) is 69.6 cm³/mol. The van der Waals surface area contributed by atoms with Gasteiger partial charge in [0.2, 0.25) is 0 Å². The molecular formula is C13H31N. The third kappa shape index (κ3) is 17.7. The van der Waals surface area contributed by atoms with Crippen LogP contribution in [0.1, 0.15) is 61.2 Å². The van der Waals surface area contributed by atoms with E-state index in [1.807, 2.05) is 19.9 Å². The monoisotopic (exact) mass is 201 g/mol. The first-order chi connectivity index (χ1) is 6.77. The summed E-state index contributed by atoms with van der Waals surface area (Å²) in [5.41, 5.74) is 5.32. The van der Waals surface area contributed by atoms with Crippen LogP contribution in [-0.2, 0) is 0 Å². The Morgan fingerprint density at radius 1 is 1.07 bits per heavy atom. The summed E-state index contributed by atoms with van der Waals surface area (Å²) in [6.07, 6.45) is 10.9. The van der Waals surface area contributed by atoms with E-state index in [2.05, 4.69) is 19.9 Å². The normalized spacial score (nSPS) is 10.4. The summed E-state index contributed by atoms with van der Waals surface area (Å²) in [7, 11) is 0. The molecule has 0 aromatic rings. The summed E-state index contributed by atoms with van der Waals surface area (Å²) < 4.78 is 0. The molecular weight excluding hydrogens is 170 g/mol. The first kappa shape index (κ1) is 16.1. The Hall–Kier alpha value is -0.300. The summed E-state index contributed by atoms with van der Waals surface area (Å²) in [6.45, 7) is 9.26. The van der Waals surface area contributed by atoms with Gasteiger partial charge in [0.25, 0.3) is 0 Å². The van der Waals surface area contributed by atoms with Crippen molar-refractivity contribution in [2.45, 2.75) is 59.8 Å². The zero-order valence-electron chi connectivity index (χ0n) is 10.6. The van der Waals surface area contributed by atoms with Gasteiger partial charge in [-0.1, -0.05) is 59.1 Å². The van der Waals surface area contributed by atoms with E-state index in [0.717, 1.165) is 5.92 Å². The van der Waals surface area contributed by atoms with E-state index in [1.54, 1.807) is 0 Å². The predicted octanol–water partition coefficient (Wildman–Crippen LogP) is 4.38. The molecule has 14 heavy (non-hydrogen) atoms. The van der Waals surface area contributed by atoms with Crippen molar-refractivity contribution in [3.05, 3.63) is 12.2 Å². The van der Waals surface area contributed by atoms with Crippen molar-refractivity contribution in [1.82, 2.24) is 0 Å². The average molecular weight is 201 g/mol. The van der Waals surface area contributed by atoms with E-state index in [1.165, 1.54) is 32.1 Å². The largest absolute Gasteiger partial charge is 0.327 e. The van der Waals surface area contributed by atoms with E-state index < -0.39 is 0 Å². The first-order valence-corrected chi connectivity index (χ1v) is 6.12. The lowest BCUT2D eigenvalue weighted by Crippen LogP contribution is -1.92. The lowest BCUT2D eigenvalue weighted by atomic mass is 10.0. The zero-order chi connectivity index (χ0) is 11.2. The molecule has 0 radical (unpaired) electrons. The Bertz CT molecular complexity index is 111. The first-order valence-electron chi connectivity index (χ1n) is 6.12. The molecule has 88 valence electrons. The van der Waals surface area contributed by atoms with Gasteiger partial charge in [0, 0.05) is 7.97 Å². The second-order valence-corrected chi connectivity index (χ2v) is 3.74. The highest BCUT2D eigenvalue weighted by atomic mass is 14.5. The van der Waals surface area contributed by atoms with Crippen molar-refractivity contribution >= 4 is 0 Å². The molecule has 0 saturated carbocycles. The van der Waals surface area contributed by atoms with Crippen LogP contribution in [0.5, 0.6) is 0 Å². The van der Waals surface area contributed by atoms with Gasteiger partial charge in [0.15, 0.2) is 0 Å². The minimum absolute atomic E-state index is 0. The van der Waals surface area contributed by atoms with Crippen LogP contribution >= 0.6 is 0 Å². The Balaban J connectivity index is -0.000000449. The van der Waals surface area contributed by atoms with E-state index in [-0.39, 0.29) is 1.43 Å². The number of unbranched alkanes of at least 4 members (excludes halogenated alkanes) is 3. The molecule has 0 fully saturated rings. The lowest BCUT2D eigenvalue weighted by molar-refractivity contribution is 0.528. The van der Waals surface area contributed by atoms with Crippen molar-refractivity contribution in [3.63, 3.8) is 0 Å². The fourth-order valence-electron chi connectivity index (χ4n) is 1.21. The molecule has 0 rings (SSSR count).